The van der Waals surface area contributed by atoms with Crippen molar-refractivity contribution in [2.45, 2.75) is 26.4 Å². The summed E-state index contributed by atoms with van der Waals surface area (Å²) in [6.07, 6.45) is 1.25. The van der Waals surface area contributed by atoms with Crippen LogP contribution in [0.1, 0.15) is 24.1 Å². The Balaban J connectivity index is 1.53. The predicted molar refractivity (Wildman–Crippen MR) is 109 cm³/mol. The maximum absolute atomic E-state index is 6.63. The number of hydrogen-bond donors (Lipinski definition) is 2. The van der Waals surface area contributed by atoms with Gasteiger partial charge < -0.3 is 15.2 Å². The molecule has 2 aromatic carbocycles. The first-order chi connectivity index (χ1) is 13.7. The molecule has 7 heteroatoms. The van der Waals surface area contributed by atoms with Crippen molar-refractivity contribution < 1.29 is 9.47 Å². The van der Waals surface area contributed by atoms with E-state index in [0.717, 1.165) is 33.7 Å². The van der Waals surface area contributed by atoms with Gasteiger partial charge in [0.25, 0.3) is 0 Å². The lowest BCUT2D eigenvalue weighted by Crippen LogP contribution is -2.12. The summed E-state index contributed by atoms with van der Waals surface area (Å²) in [6, 6.07) is 17.8. The van der Waals surface area contributed by atoms with Crippen molar-refractivity contribution in [3.8, 4) is 11.5 Å². The zero-order valence-corrected chi connectivity index (χ0v) is 15.8. The van der Waals surface area contributed by atoms with E-state index in [2.05, 4.69) is 21.4 Å². The minimum absolute atomic E-state index is 0.335. The Kier molecular flexibility index (Phi) is 6.51. The second kappa shape index (κ2) is 9.45. The smallest absolute Gasteiger partial charge is 0.130 e. The van der Waals surface area contributed by atoms with E-state index in [4.69, 9.17) is 20.7 Å². The zero-order valence-electron chi connectivity index (χ0n) is 15.8. The average Bonchev–Trinajstić information content (AvgIpc) is 2.71. The van der Waals surface area contributed by atoms with Gasteiger partial charge in [0.15, 0.2) is 0 Å². The number of amidine groups is 1. The van der Waals surface area contributed by atoms with Gasteiger partial charge in [0.05, 0.1) is 17.8 Å². The van der Waals surface area contributed by atoms with Crippen LogP contribution in [0.5, 0.6) is 11.5 Å². The Labute approximate surface area is 163 Å². The molecule has 0 aliphatic heterocycles. The summed E-state index contributed by atoms with van der Waals surface area (Å²) in [5.74, 6) is 1.91. The van der Waals surface area contributed by atoms with Crippen LogP contribution in [-0.4, -0.2) is 17.4 Å². The molecule has 0 atom stereocenters. The van der Waals surface area contributed by atoms with Crippen molar-refractivity contribution >= 4 is 16.7 Å². The monoisotopic (exact) mass is 377 g/mol. The third-order valence-electron chi connectivity index (χ3n) is 4.20. The molecular formula is C21H23N5O2. The Bertz CT molecular complexity index is 987. The van der Waals surface area contributed by atoms with Crippen LogP contribution in [0.25, 0.3) is 10.9 Å². The van der Waals surface area contributed by atoms with Crippen LogP contribution in [-0.2, 0) is 6.61 Å². The molecule has 3 aromatic rings. The second-order valence-corrected chi connectivity index (χ2v) is 6.35. The van der Waals surface area contributed by atoms with E-state index in [0.29, 0.717) is 31.9 Å². The molecule has 7 nitrogen and oxygen atoms in total. The van der Waals surface area contributed by atoms with Gasteiger partial charge in [-0.1, -0.05) is 29.5 Å². The van der Waals surface area contributed by atoms with E-state index in [-0.39, 0.29) is 0 Å². The minimum atomic E-state index is 0.335. The molecule has 144 valence electrons. The third-order valence-corrected chi connectivity index (χ3v) is 4.20. The fourth-order valence-electron chi connectivity index (χ4n) is 2.77. The quantitative estimate of drug-likeness (QED) is 0.187. The number of benzene rings is 2. The molecule has 3 rings (SSSR count). The number of ether oxygens (including phenoxy) is 2. The number of pyridine rings is 1. The summed E-state index contributed by atoms with van der Waals surface area (Å²) in [7, 11) is 0. The van der Waals surface area contributed by atoms with Crippen molar-refractivity contribution in [3.63, 3.8) is 0 Å². The van der Waals surface area contributed by atoms with Gasteiger partial charge in [0.1, 0.15) is 23.9 Å². The van der Waals surface area contributed by atoms with Gasteiger partial charge in [0, 0.05) is 11.8 Å². The Morgan fingerprint density at radius 2 is 1.96 bits per heavy atom. The molecule has 0 saturated carbocycles. The number of aryl methyl sites for hydroxylation is 1. The van der Waals surface area contributed by atoms with Gasteiger partial charge in [-0.15, -0.1) is 5.10 Å². The third kappa shape index (κ3) is 5.26. The van der Waals surface area contributed by atoms with Gasteiger partial charge >= 0.3 is 0 Å². The van der Waals surface area contributed by atoms with Crippen molar-refractivity contribution in [2.75, 3.05) is 6.61 Å². The number of nitrogens with two attached hydrogens (primary N) is 1. The Morgan fingerprint density at radius 3 is 2.79 bits per heavy atom. The van der Waals surface area contributed by atoms with Crippen LogP contribution < -0.4 is 15.2 Å². The first-order valence-electron chi connectivity index (χ1n) is 9.05. The van der Waals surface area contributed by atoms with Crippen LogP contribution in [0.4, 0.5) is 0 Å². The van der Waals surface area contributed by atoms with E-state index >= 15 is 0 Å². The number of fused-ring (bicyclic) bond motifs is 1. The molecule has 0 bridgehead atoms. The van der Waals surface area contributed by atoms with Crippen LogP contribution in [0, 0.1) is 12.5 Å². The van der Waals surface area contributed by atoms with Gasteiger partial charge in [-0.25, -0.2) is 4.98 Å². The van der Waals surface area contributed by atoms with Crippen LogP contribution in [0.3, 0.4) is 0 Å². The Hall–Kier alpha value is -3.48. The van der Waals surface area contributed by atoms with Crippen LogP contribution in [0.15, 0.2) is 64.9 Å². The lowest BCUT2D eigenvalue weighted by molar-refractivity contribution is 0.296. The molecule has 0 aliphatic carbocycles. The summed E-state index contributed by atoms with van der Waals surface area (Å²) in [5, 5.41) is 7.49. The molecule has 0 saturated heterocycles. The first-order valence-corrected chi connectivity index (χ1v) is 9.05. The molecule has 0 unspecified atom stereocenters. The highest BCUT2D eigenvalue weighted by Gasteiger charge is 2.04. The summed E-state index contributed by atoms with van der Waals surface area (Å²) in [6.45, 7) is 2.89. The number of hydrogen-bond acceptors (Lipinski definition) is 5. The first kappa shape index (κ1) is 19.3. The fraction of sp³-hybridized carbons (Fsp3) is 0.238. The van der Waals surface area contributed by atoms with E-state index in [1.807, 2.05) is 55.5 Å². The number of nitrogens with one attached hydrogen (secondary N) is 1. The number of nitrogens with zero attached hydrogens (tertiary/aromatic N) is 3. The minimum Gasteiger partial charge on any atom is -0.493 e. The molecule has 0 radical (unpaired) electrons. The normalized spacial score (nSPS) is 11.4. The van der Waals surface area contributed by atoms with Crippen molar-refractivity contribution in [1.82, 2.24) is 4.98 Å². The van der Waals surface area contributed by atoms with Gasteiger partial charge in [-0.05, 0) is 49.2 Å². The molecule has 1 aromatic heterocycles. The van der Waals surface area contributed by atoms with E-state index < -0.39 is 0 Å². The van der Waals surface area contributed by atoms with Gasteiger partial charge in [0.2, 0.25) is 0 Å². The van der Waals surface area contributed by atoms with Gasteiger partial charge in [-0.2, -0.15) is 5.53 Å². The number of para-hydroxylation sites is 1. The average molecular weight is 377 g/mol. The molecule has 0 amide bonds. The largest absolute Gasteiger partial charge is 0.493 e. The molecule has 28 heavy (non-hydrogen) atoms. The predicted octanol–water partition coefficient (Wildman–Crippen LogP) is 4.58. The summed E-state index contributed by atoms with van der Waals surface area (Å²) < 4.78 is 11.7. The fourth-order valence-corrected chi connectivity index (χ4v) is 2.77. The van der Waals surface area contributed by atoms with Crippen LogP contribution in [0.2, 0.25) is 0 Å². The SMILES string of the molecule is Cc1cc(OCc2ccc3ccccc3n2)ccc1OCCC/C(N)=N/N=N. The molecule has 0 spiro atoms. The lowest BCUT2D eigenvalue weighted by atomic mass is 10.2. The maximum Gasteiger partial charge on any atom is 0.130 e. The van der Waals surface area contributed by atoms with E-state index in [9.17, 15) is 0 Å². The van der Waals surface area contributed by atoms with E-state index in [1.165, 1.54) is 0 Å². The summed E-state index contributed by atoms with van der Waals surface area (Å²) >= 11 is 0. The second-order valence-electron chi connectivity index (χ2n) is 6.35. The zero-order chi connectivity index (χ0) is 19.8. The highest BCUT2D eigenvalue weighted by Crippen LogP contribution is 2.24. The van der Waals surface area contributed by atoms with Crippen LogP contribution >= 0.6 is 0 Å². The number of aromatic nitrogens is 1. The summed E-state index contributed by atoms with van der Waals surface area (Å²) in [5.41, 5.74) is 15.1. The molecule has 3 N–H and O–H groups in total. The Morgan fingerprint density at radius 1 is 1.11 bits per heavy atom. The highest BCUT2D eigenvalue weighted by molar-refractivity contribution is 5.80. The molecule has 0 aliphatic rings. The standard InChI is InChI=1S/C21H23N5O2/c1-15-13-18(10-11-20(15)27-12-4-7-21(22)25-26-23)28-14-17-9-8-16-5-2-3-6-19(16)24-17/h2-3,5-6,8-11,13H,4,7,12,14H2,1H3,(H3,22,23,25). The molecule has 1 heterocycles. The summed E-state index contributed by atoms with van der Waals surface area (Å²) in [4.78, 5) is 4.62. The van der Waals surface area contributed by atoms with Crippen molar-refractivity contribution in [2.24, 2.45) is 16.1 Å². The maximum atomic E-state index is 6.63. The molecule has 0 fully saturated rings. The highest BCUT2D eigenvalue weighted by atomic mass is 16.5. The van der Waals surface area contributed by atoms with E-state index in [1.54, 1.807) is 0 Å². The topological polar surface area (TPSA) is 106 Å². The molecular weight excluding hydrogens is 354 g/mol. The van der Waals surface area contributed by atoms with Gasteiger partial charge in [-0.3, -0.25) is 0 Å². The number of rotatable bonds is 9. The lowest BCUT2D eigenvalue weighted by Gasteiger charge is -2.12. The van der Waals surface area contributed by atoms with Crippen molar-refractivity contribution in [3.05, 3.63) is 65.9 Å². The van der Waals surface area contributed by atoms with Crippen molar-refractivity contribution in [1.29, 1.82) is 5.53 Å².